The number of carbonyl (C=O) groups is 2. The third-order valence-electron chi connectivity index (χ3n) is 4.33. The summed E-state index contributed by atoms with van der Waals surface area (Å²) in [6, 6.07) is 5.79. The highest BCUT2D eigenvalue weighted by Gasteiger charge is 2.31. The average Bonchev–Trinajstić information content (AvgIpc) is 2.87. The van der Waals surface area contributed by atoms with Crippen LogP contribution < -0.4 is 15.8 Å². The van der Waals surface area contributed by atoms with Crippen molar-refractivity contribution in [3.8, 4) is 5.75 Å². The first kappa shape index (κ1) is 16.7. The van der Waals surface area contributed by atoms with Crippen LogP contribution in [0.2, 0.25) is 0 Å². The molecule has 2 aromatic rings. The number of fused-ring (bicyclic) bond motifs is 1. The van der Waals surface area contributed by atoms with Crippen LogP contribution in [0.4, 0.5) is 5.95 Å². The van der Waals surface area contributed by atoms with Crippen LogP contribution in [0.3, 0.4) is 0 Å². The first-order valence-electron chi connectivity index (χ1n) is 7.74. The van der Waals surface area contributed by atoms with Gasteiger partial charge in [0.15, 0.2) is 5.69 Å². The van der Waals surface area contributed by atoms with Gasteiger partial charge < -0.3 is 10.4 Å². The number of aromatic hydroxyl groups is 1. The third kappa shape index (κ3) is 2.86. The molecule has 1 aliphatic rings. The zero-order valence-corrected chi connectivity index (χ0v) is 14.2. The highest BCUT2D eigenvalue weighted by Crippen LogP contribution is 2.20. The van der Waals surface area contributed by atoms with Crippen LogP contribution in [-0.2, 0) is 17.9 Å². The summed E-state index contributed by atoms with van der Waals surface area (Å²) >= 11 is 0. The van der Waals surface area contributed by atoms with Crippen LogP contribution in [0.5, 0.6) is 5.75 Å². The number of benzene rings is 1. The second kappa shape index (κ2) is 6.04. The smallest absolute Gasteiger partial charge is 0.298 e. The Morgan fingerprint density at radius 1 is 1.28 bits per heavy atom. The van der Waals surface area contributed by atoms with E-state index in [1.54, 1.807) is 0 Å². The van der Waals surface area contributed by atoms with Crippen LogP contribution in [-0.4, -0.2) is 33.5 Å². The summed E-state index contributed by atoms with van der Waals surface area (Å²) in [6.07, 6.45) is 0. The molecule has 2 heterocycles. The van der Waals surface area contributed by atoms with E-state index in [9.17, 15) is 19.5 Å². The summed E-state index contributed by atoms with van der Waals surface area (Å²) in [6.45, 7) is 4.00. The standard InChI is InChI=1S/C17H18N4O4/c1-9-4-5-11(6-10(9)2)7-18-15(24)13-14(23)16(25)21-8-12(22)20(3)17(21)19-13/h4-6,23H,7-8H2,1-3H3,(H,18,24). The van der Waals surface area contributed by atoms with Gasteiger partial charge in [-0.15, -0.1) is 0 Å². The van der Waals surface area contributed by atoms with Crippen molar-refractivity contribution in [2.24, 2.45) is 0 Å². The van der Waals surface area contributed by atoms with Crippen molar-refractivity contribution in [1.29, 1.82) is 0 Å². The first-order chi connectivity index (χ1) is 11.8. The van der Waals surface area contributed by atoms with E-state index in [1.165, 1.54) is 11.9 Å². The number of likely N-dealkylation sites (N-methyl/N-ethyl adjacent to an activating group) is 1. The maximum absolute atomic E-state index is 12.3. The number of aromatic nitrogens is 2. The van der Waals surface area contributed by atoms with Crippen molar-refractivity contribution in [3.05, 3.63) is 50.9 Å². The summed E-state index contributed by atoms with van der Waals surface area (Å²) in [5.74, 6) is -1.73. The number of amides is 2. The van der Waals surface area contributed by atoms with Gasteiger partial charge in [0.1, 0.15) is 6.54 Å². The summed E-state index contributed by atoms with van der Waals surface area (Å²) in [5, 5.41) is 12.6. The van der Waals surface area contributed by atoms with Crippen molar-refractivity contribution < 1.29 is 14.7 Å². The van der Waals surface area contributed by atoms with Gasteiger partial charge in [-0.1, -0.05) is 18.2 Å². The maximum Gasteiger partial charge on any atom is 0.298 e. The minimum absolute atomic E-state index is 0.0455. The first-order valence-corrected chi connectivity index (χ1v) is 7.74. The molecule has 8 heteroatoms. The number of nitrogens with zero attached hydrogens (tertiary/aromatic N) is 3. The molecule has 8 nitrogen and oxygen atoms in total. The van der Waals surface area contributed by atoms with Crippen LogP contribution in [0.15, 0.2) is 23.0 Å². The van der Waals surface area contributed by atoms with Crippen molar-refractivity contribution >= 4 is 17.8 Å². The molecular formula is C17H18N4O4. The predicted octanol–water partition coefficient (Wildman–Crippen LogP) is 0.472. The number of carbonyl (C=O) groups excluding carboxylic acids is 2. The topological polar surface area (TPSA) is 105 Å². The Bertz CT molecular complexity index is 948. The van der Waals surface area contributed by atoms with E-state index < -0.39 is 17.2 Å². The summed E-state index contributed by atoms with van der Waals surface area (Å²) in [5.41, 5.74) is 1.94. The van der Waals surface area contributed by atoms with Crippen molar-refractivity contribution in [1.82, 2.24) is 14.9 Å². The Labute approximate surface area is 143 Å². The molecule has 0 spiro atoms. The van der Waals surface area contributed by atoms with Gasteiger partial charge in [-0.2, -0.15) is 0 Å². The fourth-order valence-electron chi connectivity index (χ4n) is 2.62. The minimum atomic E-state index is -0.806. The highest BCUT2D eigenvalue weighted by molar-refractivity contribution is 5.98. The Morgan fingerprint density at radius 3 is 2.68 bits per heavy atom. The number of rotatable bonds is 3. The van der Waals surface area contributed by atoms with Crippen LogP contribution in [0.25, 0.3) is 0 Å². The Hall–Kier alpha value is -3.16. The molecule has 0 bridgehead atoms. The molecule has 0 fully saturated rings. The molecule has 0 saturated heterocycles. The molecule has 1 aromatic carbocycles. The van der Waals surface area contributed by atoms with E-state index in [0.717, 1.165) is 21.3 Å². The van der Waals surface area contributed by atoms with Gasteiger partial charge in [0, 0.05) is 13.6 Å². The molecule has 25 heavy (non-hydrogen) atoms. The Kier molecular flexibility index (Phi) is 4.03. The summed E-state index contributed by atoms with van der Waals surface area (Å²) in [4.78, 5) is 41.4. The van der Waals surface area contributed by atoms with Crippen molar-refractivity contribution in [2.75, 3.05) is 11.9 Å². The fourth-order valence-corrected chi connectivity index (χ4v) is 2.62. The summed E-state index contributed by atoms with van der Waals surface area (Å²) < 4.78 is 1.04. The molecule has 2 amide bonds. The van der Waals surface area contributed by atoms with Crippen molar-refractivity contribution in [2.45, 2.75) is 26.9 Å². The van der Waals surface area contributed by atoms with Gasteiger partial charge >= 0.3 is 0 Å². The van der Waals surface area contributed by atoms with Gasteiger partial charge in [0.05, 0.1) is 0 Å². The second-order valence-electron chi connectivity index (χ2n) is 6.05. The molecule has 3 rings (SSSR count). The summed E-state index contributed by atoms with van der Waals surface area (Å²) in [7, 11) is 1.46. The number of aryl methyl sites for hydroxylation is 2. The van der Waals surface area contributed by atoms with Crippen LogP contribution in [0, 0.1) is 13.8 Å². The molecule has 0 saturated carbocycles. The largest absolute Gasteiger partial charge is 0.501 e. The number of anilines is 1. The molecule has 1 aromatic heterocycles. The van der Waals surface area contributed by atoms with Crippen molar-refractivity contribution in [3.63, 3.8) is 0 Å². The lowest BCUT2D eigenvalue weighted by molar-refractivity contribution is -0.117. The lowest BCUT2D eigenvalue weighted by atomic mass is 10.1. The molecule has 1 aliphatic heterocycles. The fraction of sp³-hybridized carbons (Fsp3) is 0.294. The molecular weight excluding hydrogens is 324 g/mol. The van der Waals surface area contributed by atoms with Gasteiger partial charge in [0.25, 0.3) is 11.5 Å². The molecule has 130 valence electrons. The number of hydrogen-bond donors (Lipinski definition) is 2. The zero-order valence-electron chi connectivity index (χ0n) is 14.2. The number of nitrogens with one attached hydrogen (secondary N) is 1. The molecule has 2 N–H and O–H groups in total. The predicted molar refractivity (Wildman–Crippen MR) is 90.7 cm³/mol. The average molecular weight is 342 g/mol. The van der Waals surface area contributed by atoms with Gasteiger partial charge in [-0.05, 0) is 30.5 Å². The normalized spacial score (nSPS) is 13.1. The third-order valence-corrected chi connectivity index (χ3v) is 4.33. The lowest BCUT2D eigenvalue weighted by Gasteiger charge is -2.11. The molecule has 0 atom stereocenters. The van der Waals surface area contributed by atoms with Gasteiger partial charge in [-0.3, -0.25) is 23.9 Å². The molecule has 0 radical (unpaired) electrons. The Balaban J connectivity index is 1.85. The van der Waals surface area contributed by atoms with Crippen LogP contribution in [0.1, 0.15) is 27.2 Å². The van der Waals surface area contributed by atoms with E-state index in [0.29, 0.717) is 0 Å². The van der Waals surface area contributed by atoms with E-state index in [1.807, 2.05) is 32.0 Å². The van der Waals surface area contributed by atoms with Gasteiger partial charge in [-0.25, -0.2) is 4.98 Å². The van der Waals surface area contributed by atoms with E-state index in [4.69, 9.17) is 0 Å². The Morgan fingerprint density at radius 2 is 2.00 bits per heavy atom. The van der Waals surface area contributed by atoms with E-state index >= 15 is 0 Å². The second-order valence-corrected chi connectivity index (χ2v) is 6.05. The van der Waals surface area contributed by atoms with Crippen LogP contribution >= 0.6 is 0 Å². The minimum Gasteiger partial charge on any atom is -0.501 e. The quantitative estimate of drug-likeness (QED) is 0.844. The number of hydrogen-bond acceptors (Lipinski definition) is 5. The lowest BCUT2D eigenvalue weighted by Crippen LogP contribution is -2.29. The van der Waals surface area contributed by atoms with Gasteiger partial charge in [0.2, 0.25) is 17.6 Å². The van der Waals surface area contributed by atoms with E-state index in [2.05, 4.69) is 10.3 Å². The van der Waals surface area contributed by atoms with E-state index in [-0.39, 0.29) is 30.6 Å². The monoisotopic (exact) mass is 342 g/mol. The molecule has 0 aliphatic carbocycles. The highest BCUT2D eigenvalue weighted by atomic mass is 16.3. The zero-order chi connectivity index (χ0) is 18.3. The maximum atomic E-state index is 12.3. The SMILES string of the molecule is Cc1ccc(CNC(=O)c2nc3n(c(=O)c2O)CC(=O)N3C)cc1C. The molecule has 0 unspecified atom stereocenters.